The van der Waals surface area contributed by atoms with Gasteiger partial charge in [-0.05, 0) is 24.3 Å². The Morgan fingerprint density at radius 2 is 1.64 bits per heavy atom. The summed E-state index contributed by atoms with van der Waals surface area (Å²) >= 11 is 0. The number of aliphatic carboxylic acids is 1. The summed E-state index contributed by atoms with van der Waals surface area (Å²) in [5.74, 6) is -0.0760. The second kappa shape index (κ2) is 5.58. The van der Waals surface area contributed by atoms with Crippen molar-refractivity contribution in [2.45, 2.75) is 0 Å². The van der Waals surface area contributed by atoms with Crippen molar-refractivity contribution in [3.8, 4) is 0 Å². The van der Waals surface area contributed by atoms with Gasteiger partial charge in [-0.25, -0.2) is 14.3 Å². The molecule has 2 aromatic rings. The van der Waals surface area contributed by atoms with Crippen LogP contribution in [-0.2, 0) is 4.79 Å². The highest BCUT2D eigenvalue weighted by atomic mass is 16.4. The van der Waals surface area contributed by atoms with Gasteiger partial charge in [-0.3, -0.25) is 0 Å². The van der Waals surface area contributed by atoms with Crippen LogP contribution in [0.1, 0.15) is 5.56 Å². The molecule has 4 nitrogen and oxygen atoms in total. The van der Waals surface area contributed by atoms with Gasteiger partial charge in [-0.2, -0.15) is 0 Å². The van der Waals surface area contributed by atoms with E-state index in [1.807, 2.05) is 67.7 Å². The first-order valence-corrected chi connectivity index (χ1v) is 7.08. The Morgan fingerprint density at radius 1 is 1.05 bits per heavy atom. The molecule has 2 aromatic carbocycles. The van der Waals surface area contributed by atoms with Crippen LogP contribution in [0.5, 0.6) is 0 Å². The number of aliphatic imine (C=N–C) groups is 1. The molecule has 0 saturated carbocycles. The summed E-state index contributed by atoms with van der Waals surface area (Å²) in [5, 5.41) is 9.33. The topological polar surface area (TPSA) is 49.7 Å². The van der Waals surface area contributed by atoms with E-state index in [2.05, 4.69) is 4.99 Å². The van der Waals surface area contributed by atoms with Gasteiger partial charge in [0.1, 0.15) is 17.8 Å². The lowest BCUT2D eigenvalue weighted by atomic mass is 10.1. The summed E-state index contributed by atoms with van der Waals surface area (Å²) in [6.07, 6.45) is 1.47. The maximum Gasteiger partial charge on any atom is 0.338 e. The average molecular weight is 293 g/mol. The number of hydrogen-bond acceptors (Lipinski definition) is 2. The van der Waals surface area contributed by atoms with Crippen molar-refractivity contribution in [3.05, 3.63) is 78.0 Å². The SMILES string of the molecule is C[N+]1(c2ccccc2)CC(C(=O)O)=CN=C1c1ccccc1. The van der Waals surface area contributed by atoms with E-state index in [0.717, 1.165) is 17.1 Å². The zero-order valence-corrected chi connectivity index (χ0v) is 12.3. The molecule has 0 aromatic heterocycles. The number of quaternary nitrogens is 1. The number of benzene rings is 2. The predicted molar refractivity (Wildman–Crippen MR) is 87.7 cm³/mol. The van der Waals surface area contributed by atoms with Gasteiger partial charge in [-0.15, -0.1) is 0 Å². The summed E-state index contributed by atoms with van der Waals surface area (Å²) in [6.45, 7) is 0.368. The third kappa shape index (κ3) is 2.44. The van der Waals surface area contributed by atoms with Gasteiger partial charge in [0.25, 0.3) is 0 Å². The Morgan fingerprint density at radius 3 is 2.23 bits per heavy atom. The first-order chi connectivity index (χ1) is 10.6. The molecule has 1 aliphatic rings. The molecule has 0 bridgehead atoms. The summed E-state index contributed by atoms with van der Waals surface area (Å²) in [6, 6.07) is 19.8. The predicted octanol–water partition coefficient (Wildman–Crippen LogP) is 3.05. The zero-order chi connectivity index (χ0) is 15.6. The van der Waals surface area contributed by atoms with Crippen molar-refractivity contribution >= 4 is 17.5 Å². The van der Waals surface area contributed by atoms with Crippen LogP contribution < -0.4 is 4.48 Å². The van der Waals surface area contributed by atoms with E-state index in [0.29, 0.717) is 16.6 Å². The molecular formula is C18H17N2O2+. The Hall–Kier alpha value is -2.72. The van der Waals surface area contributed by atoms with Crippen molar-refractivity contribution in [3.63, 3.8) is 0 Å². The number of rotatable bonds is 3. The monoisotopic (exact) mass is 293 g/mol. The molecule has 3 rings (SSSR count). The van der Waals surface area contributed by atoms with Gasteiger partial charge in [0.15, 0.2) is 0 Å². The van der Waals surface area contributed by atoms with Crippen LogP contribution in [-0.4, -0.2) is 30.5 Å². The average Bonchev–Trinajstić information content (AvgIpc) is 2.56. The summed E-state index contributed by atoms with van der Waals surface area (Å²) in [7, 11) is 2.00. The summed E-state index contributed by atoms with van der Waals surface area (Å²) < 4.78 is 0.336. The molecule has 1 N–H and O–H groups in total. The molecule has 1 unspecified atom stereocenters. The van der Waals surface area contributed by atoms with Crippen LogP contribution in [0.15, 0.2) is 77.4 Å². The van der Waals surface area contributed by atoms with E-state index in [9.17, 15) is 9.90 Å². The van der Waals surface area contributed by atoms with Crippen molar-refractivity contribution in [1.82, 2.24) is 4.48 Å². The molecule has 1 atom stereocenters. The third-order valence-electron chi connectivity index (χ3n) is 3.93. The maximum absolute atomic E-state index is 11.4. The van der Waals surface area contributed by atoms with Crippen molar-refractivity contribution < 1.29 is 9.90 Å². The minimum atomic E-state index is -0.920. The van der Waals surface area contributed by atoms with Crippen LogP contribution in [0, 0.1) is 0 Å². The summed E-state index contributed by atoms with van der Waals surface area (Å²) in [4.78, 5) is 15.8. The highest BCUT2D eigenvalue weighted by Gasteiger charge is 2.38. The summed E-state index contributed by atoms with van der Waals surface area (Å²) in [5.41, 5.74) is 2.32. The van der Waals surface area contributed by atoms with Crippen molar-refractivity contribution in [2.75, 3.05) is 13.6 Å². The van der Waals surface area contributed by atoms with Gasteiger partial charge in [-0.1, -0.05) is 36.4 Å². The highest BCUT2D eigenvalue weighted by Crippen LogP contribution is 2.28. The Kier molecular flexibility index (Phi) is 3.61. The van der Waals surface area contributed by atoms with E-state index in [-0.39, 0.29) is 0 Å². The standard InChI is InChI=1S/C18H16N2O2/c1-20(16-10-6-3-7-11-16)13-15(18(21)22)12-19-17(20)14-8-4-2-5-9-14/h2-12H,13H2,1H3/p+1. The van der Waals surface area contributed by atoms with Crippen LogP contribution in [0.2, 0.25) is 0 Å². The molecule has 1 aliphatic heterocycles. The molecule has 0 aliphatic carbocycles. The van der Waals surface area contributed by atoms with Crippen LogP contribution in [0.4, 0.5) is 5.69 Å². The van der Waals surface area contributed by atoms with Gasteiger partial charge in [0.2, 0.25) is 5.84 Å². The number of carboxylic acid groups (broad SMARTS) is 1. The van der Waals surface area contributed by atoms with Gasteiger partial charge >= 0.3 is 5.97 Å². The van der Waals surface area contributed by atoms with E-state index < -0.39 is 5.97 Å². The molecule has 0 fully saturated rings. The van der Waals surface area contributed by atoms with Crippen LogP contribution in [0.25, 0.3) is 0 Å². The van der Waals surface area contributed by atoms with Gasteiger partial charge in [0.05, 0.1) is 12.6 Å². The first kappa shape index (κ1) is 14.2. The molecule has 0 radical (unpaired) electrons. The molecular weight excluding hydrogens is 276 g/mol. The third-order valence-corrected chi connectivity index (χ3v) is 3.93. The lowest BCUT2D eigenvalue weighted by Crippen LogP contribution is -2.54. The maximum atomic E-state index is 11.4. The molecule has 4 heteroatoms. The fourth-order valence-electron chi connectivity index (χ4n) is 2.76. The fourth-order valence-corrected chi connectivity index (χ4v) is 2.76. The minimum absolute atomic E-state index is 0.311. The smallest absolute Gasteiger partial charge is 0.338 e. The number of amidine groups is 1. The lowest BCUT2D eigenvalue weighted by molar-refractivity contribution is -0.132. The van der Waals surface area contributed by atoms with E-state index in [4.69, 9.17) is 0 Å². The second-order valence-corrected chi connectivity index (χ2v) is 5.46. The molecule has 1 heterocycles. The number of hydrogen-bond donors (Lipinski definition) is 1. The Labute approximate surface area is 129 Å². The van der Waals surface area contributed by atoms with E-state index in [1.54, 1.807) is 0 Å². The number of carboxylic acids is 1. The highest BCUT2D eigenvalue weighted by molar-refractivity contribution is 6.08. The van der Waals surface area contributed by atoms with Gasteiger partial charge in [0, 0.05) is 6.20 Å². The number of likely N-dealkylation sites (N-methyl/N-ethyl adjacent to an activating group) is 1. The number of nitrogens with zero attached hydrogens (tertiary/aromatic N) is 2. The molecule has 0 saturated heterocycles. The Bertz CT molecular complexity index is 751. The van der Waals surface area contributed by atoms with Gasteiger partial charge < -0.3 is 5.11 Å². The molecule has 110 valence electrons. The van der Waals surface area contributed by atoms with E-state index in [1.165, 1.54) is 6.20 Å². The largest absolute Gasteiger partial charge is 0.478 e. The number of para-hydroxylation sites is 1. The minimum Gasteiger partial charge on any atom is -0.478 e. The quantitative estimate of drug-likeness (QED) is 0.884. The normalized spacial score (nSPS) is 21.0. The Balaban J connectivity index is 2.16. The molecule has 0 spiro atoms. The van der Waals surface area contributed by atoms with Crippen molar-refractivity contribution in [2.24, 2.45) is 4.99 Å². The fraction of sp³-hybridized carbons (Fsp3) is 0.111. The van der Waals surface area contributed by atoms with Crippen molar-refractivity contribution in [1.29, 1.82) is 0 Å². The van der Waals surface area contributed by atoms with Crippen LogP contribution >= 0.6 is 0 Å². The molecule has 0 amide bonds. The van der Waals surface area contributed by atoms with Crippen LogP contribution in [0.3, 0.4) is 0 Å². The number of carbonyl (C=O) groups is 1. The second-order valence-electron chi connectivity index (χ2n) is 5.46. The van der Waals surface area contributed by atoms with E-state index >= 15 is 0 Å². The first-order valence-electron chi connectivity index (χ1n) is 7.08. The molecule has 22 heavy (non-hydrogen) atoms. The zero-order valence-electron chi connectivity index (χ0n) is 12.3. The lowest BCUT2D eigenvalue weighted by Gasteiger charge is -2.36.